The van der Waals surface area contributed by atoms with Crippen LogP contribution in [-0.2, 0) is 9.59 Å². The molecule has 0 fully saturated rings. The number of nitrogens with zero attached hydrogens (tertiary/aromatic N) is 1. The summed E-state index contributed by atoms with van der Waals surface area (Å²) >= 11 is 0. The summed E-state index contributed by atoms with van der Waals surface area (Å²) in [5.41, 5.74) is 0. The minimum Gasteiger partial charge on any atom is -0.481 e. The van der Waals surface area contributed by atoms with Crippen LogP contribution in [0.25, 0.3) is 0 Å². The van der Waals surface area contributed by atoms with Gasteiger partial charge in [-0.25, -0.2) is 0 Å². The van der Waals surface area contributed by atoms with Crippen LogP contribution in [0.5, 0.6) is 0 Å². The van der Waals surface area contributed by atoms with Crippen LogP contribution in [-0.4, -0.2) is 47.1 Å². The van der Waals surface area contributed by atoms with E-state index in [0.717, 1.165) is 12.8 Å². The summed E-state index contributed by atoms with van der Waals surface area (Å²) in [6.07, 6.45) is 2.13. The van der Waals surface area contributed by atoms with Gasteiger partial charge in [0.2, 0.25) is 5.91 Å². The standard InChI is InChI=1S/C15H30N2O3/c1-11(2)6-7-13(5)16-14(18)10-17(12(3)4)9-8-15(19)20/h11-13H,6-10H2,1-5H3,(H,16,18)(H,19,20). The number of aliphatic carboxylic acids is 1. The molecule has 0 saturated heterocycles. The van der Waals surface area contributed by atoms with Crippen molar-refractivity contribution in [2.75, 3.05) is 13.1 Å². The van der Waals surface area contributed by atoms with Gasteiger partial charge in [0.05, 0.1) is 13.0 Å². The Morgan fingerprint density at radius 3 is 2.15 bits per heavy atom. The third-order valence-electron chi connectivity index (χ3n) is 3.27. The maximum atomic E-state index is 12.0. The third kappa shape index (κ3) is 9.78. The fourth-order valence-corrected chi connectivity index (χ4v) is 1.92. The maximum Gasteiger partial charge on any atom is 0.304 e. The van der Waals surface area contributed by atoms with E-state index in [2.05, 4.69) is 19.2 Å². The topological polar surface area (TPSA) is 69.6 Å². The van der Waals surface area contributed by atoms with Crippen molar-refractivity contribution in [2.24, 2.45) is 5.92 Å². The Balaban J connectivity index is 4.15. The van der Waals surface area contributed by atoms with E-state index in [9.17, 15) is 9.59 Å². The zero-order valence-corrected chi connectivity index (χ0v) is 13.5. The van der Waals surface area contributed by atoms with Crippen LogP contribution in [0.15, 0.2) is 0 Å². The molecule has 0 rings (SSSR count). The highest BCUT2D eigenvalue weighted by Gasteiger charge is 2.16. The number of hydrogen-bond donors (Lipinski definition) is 2. The summed E-state index contributed by atoms with van der Waals surface area (Å²) in [6, 6.07) is 0.324. The lowest BCUT2D eigenvalue weighted by molar-refractivity contribution is -0.138. The number of hydrogen-bond acceptors (Lipinski definition) is 3. The fourth-order valence-electron chi connectivity index (χ4n) is 1.92. The molecule has 0 aliphatic heterocycles. The number of amides is 1. The zero-order chi connectivity index (χ0) is 15.7. The summed E-state index contributed by atoms with van der Waals surface area (Å²) in [6.45, 7) is 10.9. The van der Waals surface area contributed by atoms with Gasteiger partial charge in [-0.3, -0.25) is 14.5 Å². The first kappa shape index (κ1) is 18.9. The molecule has 0 aromatic carbocycles. The minimum absolute atomic E-state index is 0.0275. The van der Waals surface area contributed by atoms with E-state index in [1.165, 1.54) is 0 Å². The van der Waals surface area contributed by atoms with Crippen LogP contribution < -0.4 is 5.32 Å². The molecule has 2 N–H and O–H groups in total. The van der Waals surface area contributed by atoms with Gasteiger partial charge in [-0.15, -0.1) is 0 Å². The van der Waals surface area contributed by atoms with Crippen LogP contribution >= 0.6 is 0 Å². The molecule has 1 unspecified atom stereocenters. The number of carboxylic acid groups (broad SMARTS) is 1. The molecule has 20 heavy (non-hydrogen) atoms. The molecule has 0 heterocycles. The van der Waals surface area contributed by atoms with E-state index in [1.807, 2.05) is 25.7 Å². The quantitative estimate of drug-likeness (QED) is 0.645. The lowest BCUT2D eigenvalue weighted by Gasteiger charge is -2.26. The Labute approximate surface area is 122 Å². The van der Waals surface area contributed by atoms with Crippen molar-refractivity contribution in [3.63, 3.8) is 0 Å². The molecule has 0 aliphatic rings. The second-order valence-corrected chi connectivity index (χ2v) is 6.15. The molecular weight excluding hydrogens is 256 g/mol. The van der Waals surface area contributed by atoms with Gasteiger partial charge in [-0.1, -0.05) is 13.8 Å². The van der Waals surface area contributed by atoms with E-state index >= 15 is 0 Å². The molecule has 0 aromatic heterocycles. The van der Waals surface area contributed by atoms with Crippen molar-refractivity contribution in [3.05, 3.63) is 0 Å². The highest BCUT2D eigenvalue weighted by molar-refractivity contribution is 5.78. The molecule has 0 bridgehead atoms. The van der Waals surface area contributed by atoms with Gasteiger partial charge in [0, 0.05) is 18.6 Å². The van der Waals surface area contributed by atoms with E-state index in [-0.39, 0.29) is 31.0 Å². The maximum absolute atomic E-state index is 12.0. The lowest BCUT2D eigenvalue weighted by Crippen LogP contribution is -2.44. The highest BCUT2D eigenvalue weighted by Crippen LogP contribution is 2.06. The van der Waals surface area contributed by atoms with Gasteiger partial charge in [0.25, 0.3) is 0 Å². The van der Waals surface area contributed by atoms with Gasteiger partial charge in [0.1, 0.15) is 0 Å². The van der Waals surface area contributed by atoms with Gasteiger partial charge in [0.15, 0.2) is 0 Å². The summed E-state index contributed by atoms with van der Waals surface area (Å²) in [7, 11) is 0. The SMILES string of the molecule is CC(C)CCC(C)NC(=O)CN(CCC(=O)O)C(C)C. The summed E-state index contributed by atoms with van der Waals surface area (Å²) < 4.78 is 0. The van der Waals surface area contributed by atoms with Crippen LogP contribution in [0, 0.1) is 5.92 Å². The summed E-state index contributed by atoms with van der Waals surface area (Å²) in [5.74, 6) is -0.223. The first-order valence-electron chi connectivity index (χ1n) is 7.47. The van der Waals surface area contributed by atoms with Crippen molar-refractivity contribution in [1.82, 2.24) is 10.2 Å². The molecule has 118 valence electrons. The number of carbonyl (C=O) groups excluding carboxylic acids is 1. The average molecular weight is 286 g/mol. The van der Waals surface area contributed by atoms with Crippen LogP contribution in [0.1, 0.15) is 53.9 Å². The summed E-state index contributed by atoms with van der Waals surface area (Å²) in [4.78, 5) is 24.5. The van der Waals surface area contributed by atoms with Crippen molar-refractivity contribution < 1.29 is 14.7 Å². The fraction of sp³-hybridized carbons (Fsp3) is 0.867. The van der Waals surface area contributed by atoms with Crippen molar-refractivity contribution in [3.8, 4) is 0 Å². The lowest BCUT2D eigenvalue weighted by atomic mass is 10.0. The summed E-state index contributed by atoms with van der Waals surface area (Å²) in [5, 5.41) is 11.7. The average Bonchev–Trinajstić information content (AvgIpc) is 2.31. The molecule has 1 amide bonds. The van der Waals surface area contributed by atoms with Crippen molar-refractivity contribution >= 4 is 11.9 Å². The molecule has 0 aromatic rings. The predicted octanol–water partition coefficient (Wildman–Crippen LogP) is 2.11. The molecule has 0 saturated carbocycles. The minimum atomic E-state index is -0.832. The van der Waals surface area contributed by atoms with Crippen molar-refractivity contribution in [1.29, 1.82) is 0 Å². The van der Waals surface area contributed by atoms with Crippen LogP contribution in [0.2, 0.25) is 0 Å². The van der Waals surface area contributed by atoms with Gasteiger partial charge in [-0.05, 0) is 39.5 Å². The Bertz CT molecular complexity index is 303. The first-order chi connectivity index (χ1) is 9.22. The van der Waals surface area contributed by atoms with E-state index in [0.29, 0.717) is 12.5 Å². The van der Waals surface area contributed by atoms with Gasteiger partial charge in [-0.2, -0.15) is 0 Å². The Kier molecular flexibility index (Phi) is 9.21. The monoisotopic (exact) mass is 286 g/mol. The molecule has 5 heteroatoms. The second-order valence-electron chi connectivity index (χ2n) is 6.15. The van der Waals surface area contributed by atoms with Gasteiger partial charge < -0.3 is 10.4 Å². The Morgan fingerprint density at radius 2 is 1.70 bits per heavy atom. The van der Waals surface area contributed by atoms with Crippen molar-refractivity contribution in [2.45, 2.75) is 66.0 Å². The zero-order valence-electron chi connectivity index (χ0n) is 13.5. The molecule has 0 spiro atoms. The highest BCUT2D eigenvalue weighted by atomic mass is 16.4. The third-order valence-corrected chi connectivity index (χ3v) is 3.27. The number of rotatable bonds is 10. The number of carboxylic acids is 1. The smallest absolute Gasteiger partial charge is 0.304 e. The number of carbonyl (C=O) groups is 2. The van der Waals surface area contributed by atoms with Crippen LogP contribution in [0.4, 0.5) is 0 Å². The van der Waals surface area contributed by atoms with E-state index in [4.69, 9.17) is 5.11 Å². The first-order valence-corrected chi connectivity index (χ1v) is 7.47. The van der Waals surface area contributed by atoms with Gasteiger partial charge >= 0.3 is 5.97 Å². The Hall–Kier alpha value is -1.10. The second kappa shape index (κ2) is 9.75. The molecule has 1 atom stereocenters. The Morgan fingerprint density at radius 1 is 1.10 bits per heavy atom. The van der Waals surface area contributed by atoms with Crippen LogP contribution in [0.3, 0.4) is 0 Å². The molecular formula is C15H30N2O3. The molecule has 0 aliphatic carbocycles. The normalized spacial score (nSPS) is 13.0. The predicted molar refractivity (Wildman–Crippen MR) is 80.6 cm³/mol. The molecule has 5 nitrogen and oxygen atoms in total. The number of nitrogens with one attached hydrogen (secondary N) is 1. The molecule has 0 radical (unpaired) electrons. The van der Waals surface area contributed by atoms with E-state index in [1.54, 1.807) is 0 Å². The largest absolute Gasteiger partial charge is 0.481 e. The van der Waals surface area contributed by atoms with E-state index < -0.39 is 5.97 Å².